The molecule has 0 fully saturated rings. The fourth-order valence-corrected chi connectivity index (χ4v) is 3.13. The Balaban J connectivity index is 1.60. The second-order valence-corrected chi connectivity index (χ2v) is 7.26. The molecule has 0 aliphatic heterocycles. The number of ether oxygens (including phenoxy) is 1. The van der Waals surface area contributed by atoms with Crippen molar-refractivity contribution in [1.82, 2.24) is 9.88 Å². The summed E-state index contributed by atoms with van der Waals surface area (Å²) < 4.78 is 11.2. The van der Waals surface area contributed by atoms with Crippen molar-refractivity contribution in [2.75, 3.05) is 7.05 Å². The molecule has 0 bridgehead atoms. The molecule has 1 atom stereocenters. The zero-order chi connectivity index (χ0) is 19.2. The maximum absolute atomic E-state index is 12.4. The van der Waals surface area contributed by atoms with E-state index in [0.29, 0.717) is 6.61 Å². The summed E-state index contributed by atoms with van der Waals surface area (Å²) in [7, 11) is 1.76. The van der Waals surface area contributed by atoms with Crippen molar-refractivity contribution in [3.63, 3.8) is 0 Å². The Morgan fingerprint density at radius 2 is 2.22 bits per heavy atom. The number of benzene rings is 1. The van der Waals surface area contributed by atoms with Crippen molar-refractivity contribution < 1.29 is 13.9 Å². The van der Waals surface area contributed by atoms with Crippen LogP contribution in [-0.4, -0.2) is 22.8 Å². The van der Waals surface area contributed by atoms with Gasteiger partial charge in [-0.15, -0.1) is 11.3 Å². The van der Waals surface area contributed by atoms with Gasteiger partial charge in [0.05, 0.1) is 23.0 Å². The zero-order valence-electron chi connectivity index (χ0n) is 15.6. The number of hydrogen-bond donors (Lipinski definition) is 0. The minimum atomic E-state index is -0.131. The van der Waals surface area contributed by atoms with Gasteiger partial charge in [0.1, 0.15) is 18.1 Å². The smallest absolute Gasteiger partial charge is 0.246 e. The zero-order valence-corrected chi connectivity index (χ0v) is 16.4. The summed E-state index contributed by atoms with van der Waals surface area (Å²) >= 11 is 1.61. The minimum absolute atomic E-state index is 0.0943. The summed E-state index contributed by atoms with van der Waals surface area (Å²) in [5.74, 6) is 1.41. The van der Waals surface area contributed by atoms with E-state index >= 15 is 0 Å². The van der Waals surface area contributed by atoms with Gasteiger partial charge in [0.15, 0.2) is 0 Å². The van der Waals surface area contributed by atoms with Gasteiger partial charge >= 0.3 is 0 Å². The van der Waals surface area contributed by atoms with Gasteiger partial charge in [-0.1, -0.05) is 12.1 Å². The van der Waals surface area contributed by atoms with E-state index in [1.54, 1.807) is 41.7 Å². The molecule has 2 aromatic heterocycles. The maximum atomic E-state index is 12.4. The lowest BCUT2D eigenvalue weighted by Gasteiger charge is -2.21. The Hall–Kier alpha value is -2.86. The predicted molar refractivity (Wildman–Crippen MR) is 107 cm³/mol. The predicted octanol–water partition coefficient (Wildman–Crippen LogP) is 4.86. The third-order valence-corrected chi connectivity index (χ3v) is 5.04. The molecule has 27 heavy (non-hydrogen) atoms. The maximum Gasteiger partial charge on any atom is 0.246 e. The Kier molecular flexibility index (Phi) is 6.08. The Morgan fingerprint density at radius 3 is 2.93 bits per heavy atom. The lowest BCUT2D eigenvalue weighted by Crippen LogP contribution is -2.27. The molecule has 140 valence electrons. The lowest BCUT2D eigenvalue weighted by molar-refractivity contribution is -0.126. The molecule has 2 heterocycles. The highest BCUT2D eigenvalue weighted by molar-refractivity contribution is 7.09. The molecule has 0 N–H and O–H groups in total. The van der Waals surface area contributed by atoms with Crippen LogP contribution in [0.1, 0.15) is 35.0 Å². The first-order chi connectivity index (χ1) is 13.0. The fourth-order valence-electron chi connectivity index (χ4n) is 2.54. The summed E-state index contributed by atoms with van der Waals surface area (Å²) in [6, 6.07) is 11.2. The van der Waals surface area contributed by atoms with E-state index in [2.05, 4.69) is 4.98 Å². The molecular weight excluding hydrogens is 360 g/mol. The second kappa shape index (κ2) is 8.68. The van der Waals surface area contributed by atoms with E-state index in [1.807, 2.05) is 55.6 Å². The number of amides is 1. The van der Waals surface area contributed by atoms with Crippen molar-refractivity contribution in [1.29, 1.82) is 0 Å². The van der Waals surface area contributed by atoms with Gasteiger partial charge in [-0.2, -0.15) is 0 Å². The first-order valence-electron chi connectivity index (χ1n) is 8.65. The summed E-state index contributed by atoms with van der Waals surface area (Å²) in [5.41, 5.74) is 1.82. The molecule has 5 nitrogen and oxygen atoms in total. The fraction of sp³-hybridized carbons (Fsp3) is 0.238. The van der Waals surface area contributed by atoms with Gasteiger partial charge in [0.2, 0.25) is 5.91 Å². The first-order valence-corrected chi connectivity index (χ1v) is 9.53. The molecule has 0 saturated carbocycles. The molecule has 3 rings (SSSR count). The van der Waals surface area contributed by atoms with Crippen LogP contribution in [0.15, 0.2) is 58.5 Å². The Morgan fingerprint density at radius 1 is 1.37 bits per heavy atom. The van der Waals surface area contributed by atoms with Crippen LogP contribution in [0.4, 0.5) is 0 Å². The van der Waals surface area contributed by atoms with E-state index < -0.39 is 0 Å². The van der Waals surface area contributed by atoms with Gasteiger partial charge in [-0.25, -0.2) is 4.98 Å². The van der Waals surface area contributed by atoms with Crippen molar-refractivity contribution in [3.8, 4) is 5.75 Å². The van der Waals surface area contributed by atoms with Gasteiger partial charge in [0, 0.05) is 18.5 Å². The number of hydrogen-bond acceptors (Lipinski definition) is 5. The Bertz CT molecular complexity index is 915. The molecule has 0 radical (unpaired) electrons. The number of carbonyl (C=O) groups excluding carboxylic acids is 1. The standard InChI is InChI=1S/C21H22N2O3S/c1-15(20-8-5-11-25-20)23(3)21(24)10-9-17-6-4-7-19(12-17)26-13-18-14-27-16(2)22-18/h4-12,14-15H,13H2,1-3H3/b10-9+. The molecular formula is C21H22N2O3S. The van der Waals surface area contributed by atoms with E-state index in [4.69, 9.17) is 9.15 Å². The topological polar surface area (TPSA) is 55.6 Å². The quantitative estimate of drug-likeness (QED) is 0.548. The summed E-state index contributed by atoms with van der Waals surface area (Å²) in [6.45, 7) is 4.33. The van der Waals surface area contributed by atoms with Crippen molar-refractivity contribution in [2.45, 2.75) is 26.5 Å². The lowest BCUT2D eigenvalue weighted by atomic mass is 10.2. The third kappa shape index (κ3) is 5.08. The highest BCUT2D eigenvalue weighted by atomic mass is 32.1. The largest absolute Gasteiger partial charge is 0.487 e. The van der Waals surface area contributed by atoms with Gasteiger partial charge in [-0.05, 0) is 49.8 Å². The Labute approximate surface area is 162 Å². The average Bonchev–Trinajstić information content (AvgIpc) is 3.35. The summed E-state index contributed by atoms with van der Waals surface area (Å²) in [5, 5.41) is 3.02. The van der Waals surface area contributed by atoms with Gasteiger partial charge in [-0.3, -0.25) is 4.79 Å². The highest BCUT2D eigenvalue weighted by Gasteiger charge is 2.17. The van der Waals surface area contributed by atoms with Crippen LogP contribution in [-0.2, 0) is 11.4 Å². The van der Waals surface area contributed by atoms with Crippen LogP contribution in [0.5, 0.6) is 5.75 Å². The normalized spacial score (nSPS) is 12.3. The number of carbonyl (C=O) groups is 1. The van der Waals surface area contributed by atoms with Gasteiger partial charge in [0.25, 0.3) is 0 Å². The van der Waals surface area contributed by atoms with Crippen LogP contribution in [0.2, 0.25) is 0 Å². The van der Waals surface area contributed by atoms with Crippen molar-refractivity contribution in [3.05, 3.63) is 76.1 Å². The van der Waals surface area contributed by atoms with Crippen LogP contribution in [0.25, 0.3) is 6.08 Å². The van der Waals surface area contributed by atoms with E-state index in [9.17, 15) is 4.79 Å². The van der Waals surface area contributed by atoms with Crippen LogP contribution in [0.3, 0.4) is 0 Å². The number of likely N-dealkylation sites (N-methyl/N-ethyl adjacent to an activating group) is 1. The van der Waals surface area contributed by atoms with E-state index in [0.717, 1.165) is 27.8 Å². The molecule has 0 spiro atoms. The highest BCUT2D eigenvalue weighted by Crippen LogP contribution is 2.20. The van der Waals surface area contributed by atoms with Crippen LogP contribution < -0.4 is 4.74 Å². The van der Waals surface area contributed by atoms with E-state index in [1.165, 1.54) is 0 Å². The molecule has 3 aromatic rings. The average molecular weight is 382 g/mol. The second-order valence-electron chi connectivity index (χ2n) is 6.19. The molecule has 0 saturated heterocycles. The number of furan rings is 1. The van der Waals surface area contributed by atoms with Crippen molar-refractivity contribution >= 4 is 23.3 Å². The van der Waals surface area contributed by atoms with E-state index in [-0.39, 0.29) is 11.9 Å². The monoisotopic (exact) mass is 382 g/mol. The molecule has 6 heteroatoms. The molecule has 0 aliphatic carbocycles. The first kappa shape index (κ1) is 18.9. The molecule has 1 aromatic carbocycles. The summed E-state index contributed by atoms with van der Waals surface area (Å²) in [4.78, 5) is 18.4. The number of aromatic nitrogens is 1. The summed E-state index contributed by atoms with van der Waals surface area (Å²) in [6.07, 6.45) is 4.95. The SMILES string of the molecule is Cc1nc(COc2cccc(/C=C/C(=O)N(C)C(C)c3ccco3)c2)cs1. The number of rotatable bonds is 7. The molecule has 1 amide bonds. The van der Waals surface area contributed by atoms with Crippen LogP contribution in [0, 0.1) is 6.92 Å². The minimum Gasteiger partial charge on any atom is -0.487 e. The third-order valence-electron chi connectivity index (χ3n) is 4.21. The van der Waals surface area contributed by atoms with Crippen molar-refractivity contribution in [2.24, 2.45) is 0 Å². The molecule has 1 unspecified atom stereocenters. The number of nitrogens with zero attached hydrogens (tertiary/aromatic N) is 2. The van der Waals surface area contributed by atoms with Gasteiger partial charge < -0.3 is 14.1 Å². The molecule has 0 aliphatic rings. The number of aryl methyl sites for hydroxylation is 1. The van der Waals surface area contributed by atoms with Crippen LogP contribution >= 0.6 is 11.3 Å². The number of thiazole rings is 1.